The molecule has 6 heteroatoms. The first-order valence-corrected chi connectivity index (χ1v) is 11.7. The Morgan fingerprint density at radius 2 is 1.73 bits per heavy atom. The normalized spacial score (nSPS) is 10.8. The minimum absolute atomic E-state index is 0.204. The van der Waals surface area contributed by atoms with Crippen molar-refractivity contribution < 1.29 is 14.3 Å². The van der Waals surface area contributed by atoms with Crippen molar-refractivity contribution in [3.8, 4) is 11.5 Å². The number of carbonyl (C=O) groups excluding carboxylic acids is 1. The molecule has 0 aliphatic rings. The lowest BCUT2D eigenvalue weighted by Gasteiger charge is -2.21. The number of amides is 1. The van der Waals surface area contributed by atoms with Crippen LogP contribution in [0.25, 0.3) is 6.08 Å². The molecular formula is C27H29BrN2O3. The number of hydrogen-bond donors (Lipinski definition) is 1. The molecule has 0 spiro atoms. The first-order chi connectivity index (χ1) is 16.0. The van der Waals surface area contributed by atoms with Gasteiger partial charge in [-0.15, -0.1) is 0 Å². The van der Waals surface area contributed by atoms with Gasteiger partial charge in [0.2, 0.25) is 5.91 Å². The highest BCUT2D eigenvalue weighted by Crippen LogP contribution is 2.37. The zero-order valence-corrected chi connectivity index (χ0v) is 20.8. The molecular weight excluding hydrogens is 480 g/mol. The SMILES string of the molecule is CCN(CC)c1ccc(NC(=O)/C=C/c2cc(Br)c(OCc3ccccc3)c(OC)c2)cc1. The number of rotatable bonds is 10. The van der Waals surface area contributed by atoms with Crippen LogP contribution in [-0.2, 0) is 11.4 Å². The second-order valence-electron chi connectivity index (χ2n) is 7.35. The topological polar surface area (TPSA) is 50.8 Å². The summed E-state index contributed by atoms with van der Waals surface area (Å²) in [7, 11) is 1.60. The standard InChI is InChI=1S/C27H29BrN2O3/c1-4-30(5-2)23-14-12-22(13-15-23)29-26(31)16-11-21-17-24(28)27(25(18-21)32-3)33-19-20-9-7-6-8-10-20/h6-18H,4-5,19H2,1-3H3,(H,29,31)/b16-11+. The largest absolute Gasteiger partial charge is 0.493 e. The van der Waals surface area contributed by atoms with Crippen LogP contribution >= 0.6 is 15.9 Å². The van der Waals surface area contributed by atoms with Gasteiger partial charge in [0.05, 0.1) is 11.6 Å². The van der Waals surface area contributed by atoms with Crippen molar-refractivity contribution in [2.75, 3.05) is 30.4 Å². The molecule has 0 heterocycles. The Hall–Kier alpha value is -3.25. The van der Waals surface area contributed by atoms with E-state index in [1.54, 1.807) is 13.2 Å². The zero-order chi connectivity index (χ0) is 23.6. The number of benzene rings is 3. The number of nitrogens with zero attached hydrogens (tertiary/aromatic N) is 1. The molecule has 1 N–H and O–H groups in total. The fraction of sp³-hybridized carbons (Fsp3) is 0.222. The summed E-state index contributed by atoms with van der Waals surface area (Å²) in [6.07, 6.45) is 3.25. The second-order valence-corrected chi connectivity index (χ2v) is 8.20. The first kappa shape index (κ1) is 24.4. The van der Waals surface area contributed by atoms with E-state index in [0.717, 1.165) is 40.1 Å². The smallest absolute Gasteiger partial charge is 0.248 e. The molecule has 33 heavy (non-hydrogen) atoms. The molecule has 172 valence electrons. The van der Waals surface area contributed by atoms with Gasteiger partial charge in [-0.2, -0.15) is 0 Å². The van der Waals surface area contributed by atoms with Crippen LogP contribution in [0.2, 0.25) is 0 Å². The predicted octanol–water partition coefficient (Wildman–Crippen LogP) is 6.53. The highest BCUT2D eigenvalue weighted by molar-refractivity contribution is 9.10. The van der Waals surface area contributed by atoms with E-state index in [-0.39, 0.29) is 5.91 Å². The maximum atomic E-state index is 12.4. The maximum absolute atomic E-state index is 12.4. The van der Waals surface area contributed by atoms with E-state index >= 15 is 0 Å². The van der Waals surface area contributed by atoms with Gasteiger partial charge in [-0.05, 0) is 83.4 Å². The van der Waals surface area contributed by atoms with E-state index in [2.05, 4.69) is 40.0 Å². The van der Waals surface area contributed by atoms with Crippen molar-refractivity contribution in [3.63, 3.8) is 0 Å². The van der Waals surface area contributed by atoms with Gasteiger partial charge >= 0.3 is 0 Å². The van der Waals surface area contributed by atoms with E-state index < -0.39 is 0 Å². The van der Waals surface area contributed by atoms with Crippen molar-refractivity contribution in [1.29, 1.82) is 0 Å². The van der Waals surface area contributed by atoms with Gasteiger partial charge in [-0.1, -0.05) is 30.3 Å². The van der Waals surface area contributed by atoms with Crippen LogP contribution < -0.4 is 19.7 Å². The predicted molar refractivity (Wildman–Crippen MR) is 139 cm³/mol. The van der Waals surface area contributed by atoms with E-state index in [1.807, 2.05) is 66.7 Å². The van der Waals surface area contributed by atoms with E-state index in [9.17, 15) is 4.79 Å². The molecule has 0 aromatic heterocycles. The summed E-state index contributed by atoms with van der Waals surface area (Å²) in [5, 5.41) is 2.90. The number of halogens is 1. The number of hydrogen-bond acceptors (Lipinski definition) is 4. The van der Waals surface area contributed by atoms with Crippen LogP contribution in [0.1, 0.15) is 25.0 Å². The van der Waals surface area contributed by atoms with Crippen LogP contribution in [0.3, 0.4) is 0 Å². The van der Waals surface area contributed by atoms with Crippen molar-refractivity contribution >= 4 is 39.3 Å². The van der Waals surface area contributed by atoms with E-state index in [4.69, 9.17) is 9.47 Å². The molecule has 3 aromatic carbocycles. The highest BCUT2D eigenvalue weighted by atomic mass is 79.9. The van der Waals surface area contributed by atoms with Crippen LogP contribution in [0.15, 0.2) is 77.3 Å². The summed E-state index contributed by atoms with van der Waals surface area (Å²) >= 11 is 3.56. The Labute approximate surface area is 204 Å². The van der Waals surface area contributed by atoms with Crippen molar-refractivity contribution in [1.82, 2.24) is 0 Å². The average molecular weight is 509 g/mol. The van der Waals surface area contributed by atoms with Gasteiger partial charge in [0.1, 0.15) is 6.61 Å². The zero-order valence-electron chi connectivity index (χ0n) is 19.2. The molecule has 0 saturated carbocycles. The molecule has 0 aliphatic carbocycles. The minimum Gasteiger partial charge on any atom is -0.493 e. The Morgan fingerprint density at radius 1 is 1.03 bits per heavy atom. The third-order valence-corrected chi connectivity index (χ3v) is 5.76. The van der Waals surface area contributed by atoms with Gasteiger partial charge in [0, 0.05) is 30.5 Å². The van der Waals surface area contributed by atoms with E-state index in [1.165, 1.54) is 6.08 Å². The summed E-state index contributed by atoms with van der Waals surface area (Å²) in [6, 6.07) is 21.5. The molecule has 0 atom stereocenters. The van der Waals surface area contributed by atoms with Crippen LogP contribution in [0.4, 0.5) is 11.4 Å². The monoisotopic (exact) mass is 508 g/mol. The van der Waals surface area contributed by atoms with Gasteiger partial charge in [-0.3, -0.25) is 4.79 Å². The van der Waals surface area contributed by atoms with Crippen LogP contribution in [0, 0.1) is 0 Å². The van der Waals surface area contributed by atoms with Crippen molar-refractivity contribution in [3.05, 3.63) is 88.4 Å². The third-order valence-electron chi connectivity index (χ3n) is 5.17. The fourth-order valence-corrected chi connectivity index (χ4v) is 3.98. The van der Waals surface area contributed by atoms with Crippen molar-refractivity contribution in [2.24, 2.45) is 0 Å². The van der Waals surface area contributed by atoms with Crippen molar-refractivity contribution in [2.45, 2.75) is 20.5 Å². The number of carbonyl (C=O) groups is 1. The average Bonchev–Trinajstić information content (AvgIpc) is 2.84. The highest BCUT2D eigenvalue weighted by Gasteiger charge is 2.11. The molecule has 3 aromatic rings. The minimum atomic E-state index is -0.204. The Balaban J connectivity index is 1.65. The van der Waals surface area contributed by atoms with Crippen LogP contribution in [0.5, 0.6) is 11.5 Å². The Bertz CT molecular complexity index is 1080. The summed E-state index contributed by atoms with van der Waals surface area (Å²) < 4.78 is 12.2. The lowest BCUT2D eigenvalue weighted by atomic mass is 10.1. The molecule has 0 saturated heterocycles. The van der Waals surface area contributed by atoms with Gasteiger partial charge in [0.25, 0.3) is 0 Å². The summed E-state index contributed by atoms with van der Waals surface area (Å²) in [4.78, 5) is 14.7. The molecule has 0 aliphatic heterocycles. The third kappa shape index (κ3) is 6.86. The van der Waals surface area contributed by atoms with E-state index in [0.29, 0.717) is 18.1 Å². The summed E-state index contributed by atoms with van der Waals surface area (Å²) in [6.45, 7) is 6.57. The number of ether oxygens (including phenoxy) is 2. The lowest BCUT2D eigenvalue weighted by Crippen LogP contribution is -2.21. The molecule has 0 unspecified atom stereocenters. The first-order valence-electron chi connectivity index (χ1n) is 10.9. The number of anilines is 2. The second kappa shape index (κ2) is 12.1. The summed E-state index contributed by atoms with van der Waals surface area (Å²) in [5.41, 5.74) is 3.78. The summed E-state index contributed by atoms with van der Waals surface area (Å²) in [5.74, 6) is 1.01. The molecule has 3 rings (SSSR count). The number of nitrogens with one attached hydrogen (secondary N) is 1. The number of methoxy groups -OCH3 is 1. The van der Waals surface area contributed by atoms with Gasteiger partial charge in [-0.25, -0.2) is 0 Å². The molecule has 0 bridgehead atoms. The molecule has 5 nitrogen and oxygen atoms in total. The van der Waals surface area contributed by atoms with Gasteiger partial charge < -0.3 is 19.7 Å². The molecule has 1 amide bonds. The fourth-order valence-electron chi connectivity index (χ4n) is 3.41. The maximum Gasteiger partial charge on any atom is 0.248 e. The Kier molecular flexibility index (Phi) is 8.95. The van der Waals surface area contributed by atoms with Gasteiger partial charge in [0.15, 0.2) is 11.5 Å². The lowest BCUT2D eigenvalue weighted by molar-refractivity contribution is -0.111. The molecule has 0 fully saturated rings. The Morgan fingerprint density at radius 3 is 2.36 bits per heavy atom. The molecule has 0 radical (unpaired) electrons. The van der Waals surface area contributed by atoms with Crippen LogP contribution in [-0.4, -0.2) is 26.1 Å². The quantitative estimate of drug-likeness (QED) is 0.316.